The minimum Gasteiger partial charge on any atom is -0.460 e. The van der Waals surface area contributed by atoms with Gasteiger partial charge in [-0.3, -0.25) is 0 Å². The number of benzene rings is 3. The van der Waals surface area contributed by atoms with Gasteiger partial charge in [0.15, 0.2) is 0 Å². The van der Waals surface area contributed by atoms with Crippen molar-refractivity contribution >= 4 is 17.8 Å². The van der Waals surface area contributed by atoms with Gasteiger partial charge in [-0.05, 0) is 29.8 Å². The Labute approximate surface area is 167 Å². The van der Waals surface area contributed by atoms with Crippen molar-refractivity contribution in [3.05, 3.63) is 99.8 Å². The molecule has 0 N–H and O–H groups in total. The first-order chi connectivity index (χ1) is 13.7. The van der Waals surface area contributed by atoms with Crippen LogP contribution in [0.1, 0.15) is 28.5 Å². The van der Waals surface area contributed by atoms with Crippen molar-refractivity contribution in [3.63, 3.8) is 0 Å². The zero-order valence-electron chi connectivity index (χ0n) is 14.8. The van der Waals surface area contributed by atoms with E-state index in [9.17, 15) is 4.39 Å². The number of fused-ring (bicyclic) bond motifs is 1. The van der Waals surface area contributed by atoms with Crippen LogP contribution in [-0.4, -0.2) is 6.21 Å². The van der Waals surface area contributed by atoms with Crippen LogP contribution in [0.25, 0.3) is 0 Å². The van der Waals surface area contributed by atoms with Gasteiger partial charge in [0.2, 0.25) is 6.29 Å². The summed E-state index contributed by atoms with van der Waals surface area (Å²) in [5, 5.41) is 4.59. The van der Waals surface area contributed by atoms with Crippen molar-refractivity contribution in [1.82, 2.24) is 0 Å². The number of oxime groups is 1. The van der Waals surface area contributed by atoms with E-state index in [4.69, 9.17) is 25.9 Å². The summed E-state index contributed by atoms with van der Waals surface area (Å²) in [6, 6.07) is 19.6. The van der Waals surface area contributed by atoms with E-state index in [2.05, 4.69) is 5.16 Å². The third-order valence-corrected chi connectivity index (χ3v) is 4.51. The Kier molecular flexibility index (Phi) is 5.55. The lowest BCUT2D eigenvalue weighted by Gasteiger charge is -2.28. The van der Waals surface area contributed by atoms with Crippen molar-refractivity contribution in [3.8, 4) is 5.75 Å². The second-order valence-corrected chi connectivity index (χ2v) is 6.72. The molecule has 1 atom stereocenters. The van der Waals surface area contributed by atoms with Crippen molar-refractivity contribution in [2.75, 3.05) is 0 Å². The molecule has 0 aromatic heterocycles. The van der Waals surface area contributed by atoms with E-state index in [1.54, 1.807) is 18.3 Å². The highest BCUT2D eigenvalue weighted by Crippen LogP contribution is 2.36. The fourth-order valence-electron chi connectivity index (χ4n) is 2.91. The smallest absolute Gasteiger partial charge is 0.227 e. The lowest BCUT2D eigenvalue weighted by atomic mass is 10.1. The van der Waals surface area contributed by atoms with E-state index >= 15 is 0 Å². The van der Waals surface area contributed by atoms with Gasteiger partial charge >= 0.3 is 0 Å². The lowest BCUT2D eigenvalue weighted by Crippen LogP contribution is -2.19. The normalized spacial score (nSPS) is 15.9. The first-order valence-corrected chi connectivity index (χ1v) is 9.12. The summed E-state index contributed by atoms with van der Waals surface area (Å²) >= 11 is 5.86. The molecule has 1 aliphatic rings. The summed E-state index contributed by atoms with van der Waals surface area (Å²) in [6.07, 6.45) is 1.02. The monoisotopic (exact) mass is 397 g/mol. The first-order valence-electron chi connectivity index (χ1n) is 8.74. The van der Waals surface area contributed by atoms with Crippen LogP contribution in [-0.2, 0) is 22.8 Å². The van der Waals surface area contributed by atoms with Crippen LogP contribution in [0, 0.1) is 5.82 Å². The van der Waals surface area contributed by atoms with Gasteiger partial charge < -0.3 is 14.3 Å². The zero-order chi connectivity index (χ0) is 19.3. The van der Waals surface area contributed by atoms with E-state index in [1.807, 2.05) is 42.5 Å². The molecule has 0 amide bonds. The number of nitrogens with zero attached hydrogens (tertiary/aromatic N) is 1. The van der Waals surface area contributed by atoms with Gasteiger partial charge in [-0.1, -0.05) is 59.2 Å². The predicted octanol–water partition coefficient (Wildman–Crippen LogP) is 5.64. The summed E-state index contributed by atoms with van der Waals surface area (Å²) in [7, 11) is 0. The lowest BCUT2D eigenvalue weighted by molar-refractivity contribution is -0.112. The Morgan fingerprint density at radius 2 is 1.89 bits per heavy atom. The van der Waals surface area contributed by atoms with Crippen LogP contribution in [0.5, 0.6) is 5.75 Å². The van der Waals surface area contributed by atoms with Crippen molar-refractivity contribution in [2.24, 2.45) is 5.16 Å². The number of ether oxygens (including phenoxy) is 2. The molecule has 3 aromatic rings. The van der Waals surface area contributed by atoms with Gasteiger partial charge in [0.05, 0.1) is 12.8 Å². The fraction of sp³-hybridized carbons (Fsp3) is 0.136. The average molecular weight is 398 g/mol. The molecule has 6 heteroatoms. The zero-order valence-corrected chi connectivity index (χ0v) is 15.6. The van der Waals surface area contributed by atoms with Crippen LogP contribution in [0.2, 0.25) is 5.02 Å². The number of hydrogen-bond donors (Lipinski definition) is 0. The molecule has 0 unspecified atom stereocenters. The summed E-state index contributed by atoms with van der Waals surface area (Å²) in [5.74, 6) is 0.201. The summed E-state index contributed by atoms with van der Waals surface area (Å²) in [4.78, 5) is 5.36. The van der Waals surface area contributed by atoms with Gasteiger partial charge in [0.25, 0.3) is 0 Å². The highest BCUT2D eigenvalue weighted by atomic mass is 35.5. The van der Waals surface area contributed by atoms with E-state index < -0.39 is 6.29 Å². The molecule has 0 bridgehead atoms. The van der Waals surface area contributed by atoms with E-state index in [1.165, 1.54) is 12.1 Å². The minimum atomic E-state index is -0.546. The van der Waals surface area contributed by atoms with E-state index in [0.717, 1.165) is 11.1 Å². The van der Waals surface area contributed by atoms with Crippen molar-refractivity contribution < 1.29 is 18.7 Å². The molecule has 4 nitrogen and oxygen atoms in total. The molecule has 0 saturated carbocycles. The molecule has 3 aromatic carbocycles. The fourth-order valence-corrected chi connectivity index (χ4v) is 3.04. The Hall–Kier alpha value is -2.89. The summed E-state index contributed by atoms with van der Waals surface area (Å²) < 4.78 is 25.7. The van der Waals surface area contributed by atoms with Gasteiger partial charge in [0.1, 0.15) is 18.2 Å². The van der Waals surface area contributed by atoms with Gasteiger partial charge in [0, 0.05) is 21.7 Å². The van der Waals surface area contributed by atoms with Gasteiger partial charge in [-0.15, -0.1) is 0 Å². The van der Waals surface area contributed by atoms with Gasteiger partial charge in [-0.25, -0.2) is 4.39 Å². The maximum Gasteiger partial charge on any atom is 0.227 e. The number of halogens is 2. The highest BCUT2D eigenvalue weighted by Gasteiger charge is 2.25. The van der Waals surface area contributed by atoms with E-state index in [-0.39, 0.29) is 19.0 Å². The predicted molar refractivity (Wildman–Crippen MR) is 105 cm³/mol. The molecular formula is C22H17ClFNO3. The maximum absolute atomic E-state index is 14.0. The Balaban J connectivity index is 1.48. The molecule has 0 saturated heterocycles. The Morgan fingerprint density at radius 3 is 2.68 bits per heavy atom. The van der Waals surface area contributed by atoms with Gasteiger partial charge in [-0.2, -0.15) is 0 Å². The quantitative estimate of drug-likeness (QED) is 0.413. The van der Waals surface area contributed by atoms with Crippen LogP contribution in [0.3, 0.4) is 0 Å². The molecule has 0 radical (unpaired) electrons. The highest BCUT2D eigenvalue weighted by molar-refractivity contribution is 6.30. The summed E-state index contributed by atoms with van der Waals surface area (Å²) in [5.41, 5.74) is 2.96. The molecule has 0 spiro atoms. The van der Waals surface area contributed by atoms with Crippen molar-refractivity contribution in [2.45, 2.75) is 19.5 Å². The third kappa shape index (κ3) is 4.32. The largest absolute Gasteiger partial charge is 0.460 e. The molecule has 4 rings (SSSR count). The standard InChI is InChI=1S/C22H17ClFNO3/c23-19-8-6-15(7-9-19)12-25-27-14-18-11-20(24)10-17-13-26-22(28-21(17)18)16-4-2-1-3-5-16/h1-12,22H,13-14H2/b25-12-/t22-/m0/s1. The van der Waals surface area contributed by atoms with Crippen LogP contribution < -0.4 is 4.74 Å². The number of hydrogen-bond acceptors (Lipinski definition) is 4. The molecule has 0 aliphatic carbocycles. The topological polar surface area (TPSA) is 40.0 Å². The molecular weight excluding hydrogens is 381 g/mol. The molecule has 0 fully saturated rings. The van der Waals surface area contributed by atoms with Crippen LogP contribution >= 0.6 is 11.6 Å². The second-order valence-electron chi connectivity index (χ2n) is 6.28. The third-order valence-electron chi connectivity index (χ3n) is 4.26. The van der Waals surface area contributed by atoms with E-state index in [0.29, 0.717) is 21.9 Å². The Bertz CT molecular complexity index is 977. The first kappa shape index (κ1) is 18.5. The summed E-state index contributed by atoms with van der Waals surface area (Å²) in [6.45, 7) is 0.333. The number of rotatable bonds is 5. The average Bonchev–Trinajstić information content (AvgIpc) is 2.72. The molecule has 1 aliphatic heterocycles. The SMILES string of the molecule is Fc1cc(CO/N=C\c2ccc(Cl)cc2)c2c(c1)CO[C@H](c1ccccc1)O2. The van der Waals surface area contributed by atoms with Crippen LogP contribution in [0.15, 0.2) is 71.9 Å². The molecule has 1 heterocycles. The van der Waals surface area contributed by atoms with Crippen molar-refractivity contribution in [1.29, 1.82) is 0 Å². The Morgan fingerprint density at radius 1 is 1.11 bits per heavy atom. The second kappa shape index (κ2) is 8.42. The maximum atomic E-state index is 14.0. The van der Waals surface area contributed by atoms with Crippen LogP contribution in [0.4, 0.5) is 4.39 Å². The molecule has 28 heavy (non-hydrogen) atoms. The minimum absolute atomic E-state index is 0.0751. The molecule has 142 valence electrons.